The Bertz CT molecular complexity index is 714. The highest BCUT2D eigenvalue weighted by Gasteiger charge is 2.26. The van der Waals surface area contributed by atoms with Gasteiger partial charge in [-0.15, -0.1) is 0 Å². The van der Waals surface area contributed by atoms with Crippen molar-refractivity contribution in [1.82, 2.24) is 0 Å². The molecule has 4 heteroatoms. The van der Waals surface area contributed by atoms with Crippen molar-refractivity contribution < 1.29 is 14.3 Å². The van der Waals surface area contributed by atoms with E-state index in [-0.39, 0.29) is 12.6 Å². The van der Waals surface area contributed by atoms with Crippen LogP contribution in [0.2, 0.25) is 0 Å². The van der Waals surface area contributed by atoms with Gasteiger partial charge >= 0.3 is 0 Å². The number of rotatable bonds is 2. The summed E-state index contributed by atoms with van der Waals surface area (Å²) < 4.78 is 10.8. The Balaban J connectivity index is 1.77. The van der Waals surface area contributed by atoms with Crippen molar-refractivity contribution in [2.24, 2.45) is 0 Å². The first-order valence-corrected chi connectivity index (χ1v) is 6.98. The summed E-state index contributed by atoms with van der Waals surface area (Å²) in [6.45, 7) is 3.44. The number of Topliss-reactive ketones (excluding diaryl/α,β-unsaturated/α-hetero) is 1. The van der Waals surface area contributed by atoms with Crippen molar-refractivity contribution in [1.29, 1.82) is 0 Å². The van der Waals surface area contributed by atoms with Gasteiger partial charge in [-0.1, -0.05) is 24.3 Å². The first-order chi connectivity index (χ1) is 10.2. The first-order valence-electron chi connectivity index (χ1n) is 6.98. The molecule has 0 spiro atoms. The van der Waals surface area contributed by atoms with Gasteiger partial charge in [0.1, 0.15) is 0 Å². The van der Waals surface area contributed by atoms with Gasteiger partial charge in [-0.2, -0.15) is 0 Å². The molecule has 4 rings (SSSR count). The van der Waals surface area contributed by atoms with E-state index >= 15 is 0 Å². The van der Waals surface area contributed by atoms with Gasteiger partial charge in [0.25, 0.3) is 0 Å². The molecule has 2 aromatic carbocycles. The third-order valence-corrected chi connectivity index (χ3v) is 4.05. The third kappa shape index (κ3) is 1.95. The fourth-order valence-electron chi connectivity index (χ4n) is 2.98. The zero-order chi connectivity index (χ0) is 14.4. The monoisotopic (exact) mass is 281 g/mol. The molecule has 106 valence electrons. The zero-order valence-corrected chi connectivity index (χ0v) is 11.8. The maximum Gasteiger partial charge on any atom is 0.231 e. The van der Waals surface area contributed by atoms with Gasteiger partial charge in [-0.3, -0.25) is 4.79 Å². The number of fused-ring (bicyclic) bond motifs is 2. The molecule has 0 atom stereocenters. The van der Waals surface area contributed by atoms with Crippen molar-refractivity contribution in [3.05, 3.63) is 53.1 Å². The Morgan fingerprint density at radius 1 is 1.05 bits per heavy atom. The second-order valence-electron chi connectivity index (χ2n) is 5.40. The normalized spacial score (nSPS) is 15.2. The lowest BCUT2D eigenvalue weighted by Crippen LogP contribution is -2.17. The Labute approximate surface area is 122 Å². The highest BCUT2D eigenvalue weighted by molar-refractivity contribution is 6.00. The van der Waals surface area contributed by atoms with Crippen molar-refractivity contribution in [2.75, 3.05) is 11.7 Å². The largest absolute Gasteiger partial charge is 0.454 e. The number of benzene rings is 2. The molecule has 0 aromatic heterocycles. The summed E-state index contributed by atoms with van der Waals surface area (Å²) >= 11 is 0. The lowest BCUT2D eigenvalue weighted by Gasteiger charge is -2.21. The second-order valence-corrected chi connectivity index (χ2v) is 5.40. The summed E-state index contributed by atoms with van der Waals surface area (Å²) in [5, 5.41) is 0. The zero-order valence-electron chi connectivity index (χ0n) is 11.8. The first kappa shape index (κ1) is 12.3. The lowest BCUT2D eigenvalue weighted by molar-refractivity contribution is 0.101. The Morgan fingerprint density at radius 2 is 1.67 bits per heavy atom. The van der Waals surface area contributed by atoms with Crippen LogP contribution < -0.4 is 14.4 Å². The van der Waals surface area contributed by atoms with Gasteiger partial charge in [0.05, 0.1) is 5.69 Å². The quantitative estimate of drug-likeness (QED) is 0.793. The molecule has 0 amide bonds. The van der Waals surface area contributed by atoms with Crippen LogP contribution in [0.25, 0.3) is 0 Å². The maximum absolute atomic E-state index is 12.0. The van der Waals surface area contributed by atoms with Crippen molar-refractivity contribution in [3.8, 4) is 11.5 Å². The fraction of sp³-hybridized carbons (Fsp3) is 0.235. The molecule has 0 aliphatic carbocycles. The van der Waals surface area contributed by atoms with E-state index in [1.807, 2.05) is 18.2 Å². The number of ether oxygens (including phenoxy) is 2. The molecular formula is C17H15NO3. The van der Waals surface area contributed by atoms with Crippen LogP contribution in [0.5, 0.6) is 11.5 Å². The number of anilines is 1. The van der Waals surface area contributed by atoms with Gasteiger partial charge in [0, 0.05) is 24.7 Å². The Kier molecular flexibility index (Phi) is 2.64. The van der Waals surface area contributed by atoms with Gasteiger partial charge in [0.15, 0.2) is 17.3 Å². The number of hydrogen-bond acceptors (Lipinski definition) is 4. The van der Waals surface area contributed by atoms with E-state index in [4.69, 9.17) is 9.47 Å². The Hall–Kier alpha value is -2.49. The summed E-state index contributed by atoms with van der Waals surface area (Å²) in [6, 6.07) is 12.1. The molecule has 2 aromatic rings. The molecule has 4 nitrogen and oxygen atoms in total. The van der Waals surface area contributed by atoms with E-state index < -0.39 is 0 Å². The molecule has 21 heavy (non-hydrogen) atoms. The molecule has 0 fully saturated rings. The molecule has 0 N–H and O–H groups in total. The lowest BCUT2D eigenvalue weighted by atomic mass is 10.1. The number of nitrogens with zero attached hydrogens (tertiary/aromatic N) is 1. The minimum absolute atomic E-state index is 0.0410. The van der Waals surface area contributed by atoms with Crippen LogP contribution in [0, 0.1) is 0 Å². The van der Waals surface area contributed by atoms with Crippen LogP contribution in [-0.4, -0.2) is 12.6 Å². The molecule has 2 heterocycles. The van der Waals surface area contributed by atoms with E-state index in [1.165, 1.54) is 11.1 Å². The average molecular weight is 281 g/mol. The number of ketones is 1. The van der Waals surface area contributed by atoms with Crippen LogP contribution in [0.4, 0.5) is 5.69 Å². The number of hydrogen-bond donors (Lipinski definition) is 0. The fourth-order valence-corrected chi connectivity index (χ4v) is 2.98. The molecule has 0 bridgehead atoms. The molecular weight excluding hydrogens is 266 g/mol. The minimum Gasteiger partial charge on any atom is -0.454 e. The molecule has 2 aliphatic heterocycles. The van der Waals surface area contributed by atoms with Crippen LogP contribution in [-0.2, 0) is 13.1 Å². The summed E-state index contributed by atoms with van der Waals surface area (Å²) in [7, 11) is 0. The van der Waals surface area contributed by atoms with Crippen LogP contribution >= 0.6 is 0 Å². The van der Waals surface area contributed by atoms with Gasteiger partial charge in [0.2, 0.25) is 6.79 Å². The molecule has 2 aliphatic rings. The van der Waals surface area contributed by atoms with Gasteiger partial charge in [-0.25, -0.2) is 0 Å². The topological polar surface area (TPSA) is 38.8 Å². The van der Waals surface area contributed by atoms with E-state index in [1.54, 1.807) is 13.0 Å². The number of carbonyl (C=O) groups excluding carboxylic acids is 1. The van der Waals surface area contributed by atoms with Crippen molar-refractivity contribution in [3.63, 3.8) is 0 Å². The van der Waals surface area contributed by atoms with E-state index in [9.17, 15) is 4.79 Å². The highest BCUT2D eigenvalue weighted by Crippen LogP contribution is 2.40. The minimum atomic E-state index is 0.0410. The van der Waals surface area contributed by atoms with Gasteiger partial charge < -0.3 is 14.4 Å². The summed E-state index contributed by atoms with van der Waals surface area (Å²) in [5.74, 6) is 1.41. The molecule has 0 unspecified atom stereocenters. The Morgan fingerprint density at radius 3 is 2.29 bits per heavy atom. The third-order valence-electron chi connectivity index (χ3n) is 4.05. The summed E-state index contributed by atoms with van der Waals surface area (Å²) in [5.41, 5.74) is 4.23. The van der Waals surface area contributed by atoms with E-state index in [0.29, 0.717) is 17.1 Å². The summed E-state index contributed by atoms with van der Waals surface area (Å²) in [6.07, 6.45) is 0. The SMILES string of the molecule is CC(=O)c1cc2c(cc1N1Cc3ccccc3C1)OCO2. The second kappa shape index (κ2) is 4.52. The average Bonchev–Trinajstić information content (AvgIpc) is 3.11. The molecule has 0 radical (unpaired) electrons. The van der Waals surface area contributed by atoms with E-state index in [2.05, 4.69) is 17.0 Å². The molecule has 0 saturated heterocycles. The molecule has 0 saturated carbocycles. The smallest absolute Gasteiger partial charge is 0.231 e. The highest BCUT2D eigenvalue weighted by atomic mass is 16.7. The van der Waals surface area contributed by atoms with Crippen LogP contribution in [0.1, 0.15) is 28.4 Å². The van der Waals surface area contributed by atoms with Crippen molar-refractivity contribution >= 4 is 11.5 Å². The maximum atomic E-state index is 12.0. The number of carbonyl (C=O) groups is 1. The van der Waals surface area contributed by atoms with Gasteiger partial charge in [-0.05, 0) is 24.1 Å². The van der Waals surface area contributed by atoms with E-state index in [0.717, 1.165) is 18.8 Å². The van der Waals surface area contributed by atoms with Crippen LogP contribution in [0.3, 0.4) is 0 Å². The van der Waals surface area contributed by atoms with Crippen molar-refractivity contribution in [2.45, 2.75) is 20.0 Å². The predicted octanol–water partition coefficient (Wildman–Crippen LogP) is 3.14. The standard InChI is InChI=1S/C17H15NO3/c1-11(19)14-6-16-17(21-10-20-16)7-15(14)18-8-12-4-2-3-5-13(12)9-18/h2-7H,8-10H2,1H3. The van der Waals surface area contributed by atoms with Crippen LogP contribution in [0.15, 0.2) is 36.4 Å². The predicted molar refractivity (Wildman–Crippen MR) is 78.9 cm³/mol. The summed E-state index contributed by atoms with van der Waals surface area (Å²) in [4.78, 5) is 14.2.